The van der Waals surface area contributed by atoms with Crippen LogP contribution in [0, 0.1) is 13.8 Å². The van der Waals surface area contributed by atoms with Gasteiger partial charge in [-0.1, -0.05) is 29.8 Å². The predicted molar refractivity (Wildman–Crippen MR) is 120 cm³/mol. The van der Waals surface area contributed by atoms with Crippen molar-refractivity contribution in [1.82, 2.24) is 4.98 Å². The van der Waals surface area contributed by atoms with Crippen LogP contribution in [0.3, 0.4) is 0 Å². The van der Waals surface area contributed by atoms with Crippen molar-refractivity contribution in [2.75, 3.05) is 18.0 Å². The topological polar surface area (TPSA) is 76.6 Å². The number of thiazole rings is 1. The number of aryl methyl sites for hydroxylation is 2. The van der Waals surface area contributed by atoms with Crippen LogP contribution < -0.4 is 4.31 Å². The quantitative estimate of drug-likeness (QED) is 0.475. The smallest absolute Gasteiger partial charge is 0.338 e. The predicted octanol–water partition coefficient (Wildman–Crippen LogP) is 5.08. The van der Waals surface area contributed by atoms with Crippen LogP contribution >= 0.6 is 22.9 Å². The number of hydrogen-bond donors (Lipinski definition) is 0. The highest BCUT2D eigenvalue weighted by molar-refractivity contribution is 7.92. The number of esters is 1. The molecule has 0 aliphatic rings. The van der Waals surface area contributed by atoms with Crippen LogP contribution in [0.4, 0.5) is 5.82 Å². The van der Waals surface area contributed by atoms with Crippen molar-refractivity contribution in [2.45, 2.75) is 25.7 Å². The number of hydrogen-bond acceptors (Lipinski definition) is 6. The molecule has 2 aromatic carbocycles. The Morgan fingerprint density at radius 2 is 1.83 bits per heavy atom. The van der Waals surface area contributed by atoms with E-state index < -0.39 is 16.0 Å². The van der Waals surface area contributed by atoms with Gasteiger partial charge in [0.05, 0.1) is 17.6 Å². The average Bonchev–Trinajstić information content (AvgIpc) is 3.09. The molecular formula is C21H21ClN2O4S2. The van der Waals surface area contributed by atoms with Gasteiger partial charge in [0, 0.05) is 22.0 Å². The third kappa shape index (κ3) is 4.21. The zero-order valence-electron chi connectivity index (χ0n) is 17.0. The van der Waals surface area contributed by atoms with Crippen LogP contribution in [-0.2, 0) is 14.8 Å². The number of halogens is 1. The van der Waals surface area contributed by atoms with E-state index in [0.717, 1.165) is 10.4 Å². The molecule has 6 nitrogen and oxygen atoms in total. The molecule has 0 radical (unpaired) electrons. The van der Waals surface area contributed by atoms with E-state index in [9.17, 15) is 13.2 Å². The van der Waals surface area contributed by atoms with Gasteiger partial charge < -0.3 is 4.74 Å². The van der Waals surface area contributed by atoms with Crippen molar-refractivity contribution in [1.29, 1.82) is 0 Å². The Morgan fingerprint density at radius 1 is 1.17 bits per heavy atom. The SMILES string of the molecule is CCN(c1nc(-c2ccc(Cl)cc2)sc1C)S(=O)(=O)c1ccc(C)c(C(=O)OC)c1. The Kier molecular flexibility index (Phi) is 6.50. The van der Waals surface area contributed by atoms with Crippen molar-refractivity contribution in [2.24, 2.45) is 0 Å². The van der Waals surface area contributed by atoms with E-state index in [4.69, 9.17) is 16.3 Å². The molecule has 30 heavy (non-hydrogen) atoms. The molecule has 0 unspecified atom stereocenters. The number of anilines is 1. The molecule has 3 rings (SSSR count). The lowest BCUT2D eigenvalue weighted by molar-refractivity contribution is 0.0599. The summed E-state index contributed by atoms with van der Waals surface area (Å²) in [6.45, 7) is 5.49. The van der Waals surface area contributed by atoms with Crippen LogP contribution in [0.2, 0.25) is 5.02 Å². The fraction of sp³-hybridized carbons (Fsp3) is 0.238. The molecule has 158 valence electrons. The maximum atomic E-state index is 13.4. The second kappa shape index (κ2) is 8.75. The third-order valence-electron chi connectivity index (χ3n) is 4.59. The number of carbonyl (C=O) groups excluding carboxylic acids is 1. The van der Waals surface area contributed by atoms with Crippen LogP contribution in [0.25, 0.3) is 10.6 Å². The summed E-state index contributed by atoms with van der Waals surface area (Å²) in [5.41, 5.74) is 1.71. The Labute approximate surface area is 185 Å². The van der Waals surface area contributed by atoms with Gasteiger partial charge in [-0.15, -0.1) is 11.3 Å². The Balaban J connectivity index is 2.05. The van der Waals surface area contributed by atoms with Gasteiger partial charge in [0.2, 0.25) is 0 Å². The minimum Gasteiger partial charge on any atom is -0.465 e. The van der Waals surface area contributed by atoms with Gasteiger partial charge in [0.1, 0.15) is 5.01 Å². The van der Waals surface area contributed by atoms with Gasteiger partial charge in [0.25, 0.3) is 10.0 Å². The van der Waals surface area contributed by atoms with E-state index in [-0.39, 0.29) is 17.0 Å². The fourth-order valence-corrected chi connectivity index (χ4v) is 5.60. The van der Waals surface area contributed by atoms with Gasteiger partial charge in [-0.3, -0.25) is 0 Å². The van der Waals surface area contributed by atoms with Crippen LogP contribution in [0.15, 0.2) is 47.4 Å². The fourth-order valence-electron chi connectivity index (χ4n) is 2.99. The Hall–Kier alpha value is -2.42. The maximum absolute atomic E-state index is 13.4. The largest absolute Gasteiger partial charge is 0.465 e. The second-order valence-corrected chi connectivity index (χ2v) is 10.0. The lowest BCUT2D eigenvalue weighted by Crippen LogP contribution is -2.31. The van der Waals surface area contributed by atoms with Crippen molar-refractivity contribution < 1.29 is 17.9 Å². The van der Waals surface area contributed by atoms with E-state index >= 15 is 0 Å². The van der Waals surface area contributed by atoms with Crippen LogP contribution in [-0.4, -0.2) is 33.0 Å². The van der Waals surface area contributed by atoms with Gasteiger partial charge >= 0.3 is 5.97 Å². The highest BCUT2D eigenvalue weighted by atomic mass is 35.5. The zero-order valence-corrected chi connectivity index (χ0v) is 19.4. The molecule has 9 heteroatoms. The number of nitrogens with zero attached hydrogens (tertiary/aromatic N) is 2. The summed E-state index contributed by atoms with van der Waals surface area (Å²) in [7, 11) is -2.67. The summed E-state index contributed by atoms with van der Waals surface area (Å²) < 4.78 is 32.8. The van der Waals surface area contributed by atoms with Gasteiger partial charge in [-0.05, 0) is 50.6 Å². The number of methoxy groups -OCH3 is 1. The van der Waals surface area contributed by atoms with E-state index in [1.807, 2.05) is 19.1 Å². The third-order valence-corrected chi connectivity index (χ3v) is 7.71. The number of rotatable bonds is 6. The number of sulfonamides is 1. The molecular weight excluding hydrogens is 444 g/mol. The van der Waals surface area contributed by atoms with E-state index in [1.54, 1.807) is 32.0 Å². The summed E-state index contributed by atoms with van der Waals surface area (Å²) in [5.74, 6) is -0.213. The second-order valence-electron chi connectivity index (χ2n) is 6.54. The molecule has 0 spiro atoms. The molecule has 0 amide bonds. The van der Waals surface area contributed by atoms with Crippen molar-refractivity contribution in [3.05, 3.63) is 63.5 Å². The first kappa shape index (κ1) is 22.3. The van der Waals surface area contributed by atoms with Crippen molar-refractivity contribution in [3.63, 3.8) is 0 Å². The summed E-state index contributed by atoms with van der Waals surface area (Å²) in [4.78, 5) is 17.4. The number of ether oxygens (including phenoxy) is 1. The molecule has 0 aliphatic heterocycles. The van der Waals surface area contributed by atoms with Gasteiger partial charge in [0.15, 0.2) is 5.82 Å². The normalized spacial score (nSPS) is 11.4. The Morgan fingerprint density at radius 3 is 2.43 bits per heavy atom. The van der Waals surface area contributed by atoms with Crippen LogP contribution in [0.5, 0.6) is 0 Å². The maximum Gasteiger partial charge on any atom is 0.338 e. The van der Waals surface area contributed by atoms with E-state index in [0.29, 0.717) is 21.4 Å². The first-order chi connectivity index (χ1) is 14.2. The molecule has 0 N–H and O–H groups in total. The highest BCUT2D eigenvalue weighted by Gasteiger charge is 2.29. The van der Waals surface area contributed by atoms with Crippen molar-refractivity contribution >= 4 is 44.7 Å². The minimum atomic E-state index is -3.93. The first-order valence-electron chi connectivity index (χ1n) is 9.14. The summed E-state index contributed by atoms with van der Waals surface area (Å²) in [5, 5.41) is 1.32. The highest BCUT2D eigenvalue weighted by Crippen LogP contribution is 2.35. The molecule has 0 fully saturated rings. The first-order valence-corrected chi connectivity index (χ1v) is 11.8. The van der Waals surface area contributed by atoms with E-state index in [1.165, 1.54) is 34.9 Å². The zero-order chi connectivity index (χ0) is 22.1. The molecule has 1 aromatic heterocycles. The monoisotopic (exact) mass is 464 g/mol. The number of carbonyl (C=O) groups is 1. The lowest BCUT2D eigenvalue weighted by Gasteiger charge is -2.22. The molecule has 0 saturated heterocycles. The molecule has 0 saturated carbocycles. The molecule has 0 aliphatic carbocycles. The number of benzene rings is 2. The standard InChI is InChI=1S/C21H21ClN2O4S2/c1-5-24(19-14(3)29-20(23-19)15-7-9-16(22)10-8-15)30(26,27)17-11-6-13(2)18(12-17)21(25)28-4/h6-12H,5H2,1-4H3. The molecule has 0 atom stereocenters. The molecule has 3 aromatic rings. The van der Waals surface area contributed by atoms with Crippen LogP contribution in [0.1, 0.15) is 27.7 Å². The van der Waals surface area contributed by atoms with Crippen molar-refractivity contribution in [3.8, 4) is 10.6 Å². The summed E-state index contributed by atoms with van der Waals surface area (Å²) in [6, 6.07) is 11.7. The summed E-state index contributed by atoms with van der Waals surface area (Å²) >= 11 is 7.36. The lowest BCUT2D eigenvalue weighted by atomic mass is 10.1. The average molecular weight is 465 g/mol. The minimum absolute atomic E-state index is 0.00999. The van der Waals surface area contributed by atoms with E-state index in [2.05, 4.69) is 4.98 Å². The number of aromatic nitrogens is 1. The summed E-state index contributed by atoms with van der Waals surface area (Å²) in [6.07, 6.45) is 0. The van der Waals surface area contributed by atoms with Gasteiger partial charge in [-0.25, -0.2) is 22.5 Å². The molecule has 0 bridgehead atoms. The Bertz CT molecular complexity index is 1190. The van der Waals surface area contributed by atoms with Gasteiger partial charge in [-0.2, -0.15) is 0 Å². The molecule has 1 heterocycles.